The number of hydrogen-bond acceptors (Lipinski definition) is 2. The molecule has 17 heavy (non-hydrogen) atoms. The van der Waals surface area contributed by atoms with Gasteiger partial charge in [-0.15, -0.1) is 0 Å². The lowest BCUT2D eigenvalue weighted by Crippen LogP contribution is -1.80. The summed E-state index contributed by atoms with van der Waals surface area (Å²) in [6, 6.07) is 11.0. The molecule has 3 rings (SSSR count). The minimum Gasteiger partial charge on any atom is -0.508 e. The molecule has 2 aromatic carbocycles. The Bertz CT molecular complexity index is 673. The average Bonchev–Trinajstić information content (AvgIpc) is 2.72. The van der Waals surface area contributed by atoms with Gasteiger partial charge in [0.1, 0.15) is 17.4 Å². The topological polar surface area (TPSA) is 48.9 Å². The van der Waals surface area contributed by atoms with E-state index in [0.29, 0.717) is 5.82 Å². The average molecular weight is 228 g/mol. The molecule has 1 heterocycles. The predicted molar refractivity (Wildman–Crippen MR) is 63.2 cm³/mol. The summed E-state index contributed by atoms with van der Waals surface area (Å²) in [4.78, 5) is 7.44. The highest BCUT2D eigenvalue weighted by atomic mass is 19.1. The first kappa shape index (κ1) is 9.84. The standard InChI is InChI=1S/C13H9FN2O/c14-9-3-1-8(2-4-9)13-15-11-6-5-10(17)7-12(11)16-13/h1-7,17H,(H,15,16). The van der Waals surface area contributed by atoms with Crippen molar-refractivity contribution in [2.75, 3.05) is 0 Å². The van der Waals surface area contributed by atoms with Crippen molar-refractivity contribution in [3.05, 3.63) is 48.3 Å². The largest absolute Gasteiger partial charge is 0.508 e. The Hall–Kier alpha value is -2.36. The lowest BCUT2D eigenvalue weighted by atomic mass is 10.2. The van der Waals surface area contributed by atoms with Gasteiger partial charge in [-0.05, 0) is 36.4 Å². The van der Waals surface area contributed by atoms with Crippen LogP contribution in [0.25, 0.3) is 22.4 Å². The fourth-order valence-electron chi connectivity index (χ4n) is 1.74. The summed E-state index contributed by atoms with van der Waals surface area (Å²) in [6.45, 7) is 0. The van der Waals surface area contributed by atoms with Crippen LogP contribution in [0.2, 0.25) is 0 Å². The Labute approximate surface area is 96.6 Å². The quantitative estimate of drug-likeness (QED) is 0.672. The number of aromatic amines is 1. The van der Waals surface area contributed by atoms with Crippen LogP contribution in [-0.4, -0.2) is 15.1 Å². The van der Waals surface area contributed by atoms with E-state index in [0.717, 1.165) is 16.6 Å². The summed E-state index contributed by atoms with van der Waals surface area (Å²) in [5.74, 6) is 0.569. The Kier molecular flexibility index (Phi) is 2.08. The van der Waals surface area contributed by atoms with Gasteiger partial charge in [0.05, 0.1) is 11.0 Å². The molecule has 0 aliphatic rings. The van der Waals surface area contributed by atoms with Gasteiger partial charge in [-0.25, -0.2) is 9.37 Å². The Morgan fingerprint density at radius 3 is 2.59 bits per heavy atom. The molecule has 2 N–H and O–H groups in total. The highest BCUT2D eigenvalue weighted by Crippen LogP contribution is 2.23. The summed E-state index contributed by atoms with van der Waals surface area (Å²) in [5.41, 5.74) is 2.33. The minimum absolute atomic E-state index is 0.187. The molecule has 0 saturated heterocycles. The zero-order chi connectivity index (χ0) is 11.8. The van der Waals surface area contributed by atoms with Crippen molar-refractivity contribution in [2.24, 2.45) is 0 Å². The second-order valence-corrected chi connectivity index (χ2v) is 3.79. The number of halogens is 1. The molecule has 84 valence electrons. The normalized spacial score (nSPS) is 10.9. The first-order valence-electron chi connectivity index (χ1n) is 5.17. The first-order chi connectivity index (χ1) is 8.22. The van der Waals surface area contributed by atoms with Gasteiger partial charge in [0.25, 0.3) is 0 Å². The Morgan fingerprint density at radius 1 is 1.06 bits per heavy atom. The molecule has 0 spiro atoms. The van der Waals surface area contributed by atoms with Gasteiger partial charge in [-0.1, -0.05) is 0 Å². The Balaban J connectivity index is 2.14. The van der Waals surface area contributed by atoms with Crippen LogP contribution in [0.1, 0.15) is 0 Å². The van der Waals surface area contributed by atoms with Gasteiger partial charge < -0.3 is 10.1 Å². The molecule has 0 radical (unpaired) electrons. The number of aromatic hydroxyl groups is 1. The van der Waals surface area contributed by atoms with Crippen LogP contribution in [0, 0.1) is 5.82 Å². The monoisotopic (exact) mass is 228 g/mol. The molecule has 0 aliphatic heterocycles. The van der Waals surface area contributed by atoms with Gasteiger partial charge in [0.2, 0.25) is 0 Å². The van der Waals surface area contributed by atoms with Crippen molar-refractivity contribution >= 4 is 11.0 Å². The maximum atomic E-state index is 12.8. The van der Waals surface area contributed by atoms with Crippen LogP contribution in [0.5, 0.6) is 5.75 Å². The number of fused-ring (bicyclic) bond motifs is 1. The second-order valence-electron chi connectivity index (χ2n) is 3.79. The summed E-state index contributed by atoms with van der Waals surface area (Å²) in [5, 5.41) is 9.35. The zero-order valence-electron chi connectivity index (χ0n) is 8.81. The van der Waals surface area contributed by atoms with Gasteiger partial charge in [-0.2, -0.15) is 0 Å². The molecule has 4 heteroatoms. The highest BCUT2D eigenvalue weighted by molar-refractivity contribution is 5.80. The lowest BCUT2D eigenvalue weighted by Gasteiger charge is -1.94. The molecular weight excluding hydrogens is 219 g/mol. The van der Waals surface area contributed by atoms with Crippen molar-refractivity contribution in [3.8, 4) is 17.1 Å². The van der Waals surface area contributed by atoms with E-state index in [4.69, 9.17) is 0 Å². The number of benzene rings is 2. The molecule has 0 amide bonds. The van der Waals surface area contributed by atoms with Gasteiger partial charge >= 0.3 is 0 Å². The summed E-state index contributed by atoms with van der Waals surface area (Å²) in [7, 11) is 0. The third-order valence-electron chi connectivity index (χ3n) is 2.58. The molecule has 1 aromatic heterocycles. The number of phenolic OH excluding ortho intramolecular Hbond substituents is 1. The second kappa shape index (κ2) is 3.59. The minimum atomic E-state index is -0.275. The van der Waals surface area contributed by atoms with Crippen LogP contribution in [0.15, 0.2) is 42.5 Å². The number of aromatic nitrogens is 2. The fourth-order valence-corrected chi connectivity index (χ4v) is 1.74. The molecule has 0 saturated carbocycles. The van der Waals surface area contributed by atoms with Crippen LogP contribution in [0.4, 0.5) is 4.39 Å². The maximum Gasteiger partial charge on any atom is 0.138 e. The van der Waals surface area contributed by atoms with Crippen LogP contribution in [0.3, 0.4) is 0 Å². The van der Waals surface area contributed by atoms with Gasteiger partial charge in [-0.3, -0.25) is 0 Å². The maximum absolute atomic E-state index is 12.8. The van der Waals surface area contributed by atoms with Crippen molar-refractivity contribution in [1.29, 1.82) is 0 Å². The number of hydrogen-bond donors (Lipinski definition) is 2. The number of H-pyrrole nitrogens is 1. The molecule has 0 fully saturated rings. The molecule has 3 nitrogen and oxygen atoms in total. The van der Waals surface area contributed by atoms with Crippen molar-refractivity contribution in [3.63, 3.8) is 0 Å². The smallest absolute Gasteiger partial charge is 0.138 e. The number of nitrogens with one attached hydrogen (secondary N) is 1. The molecule has 3 aromatic rings. The van der Waals surface area contributed by atoms with E-state index in [-0.39, 0.29) is 11.6 Å². The molecule has 0 bridgehead atoms. The Morgan fingerprint density at radius 2 is 1.82 bits per heavy atom. The summed E-state index contributed by atoms with van der Waals surface area (Å²) in [6.07, 6.45) is 0. The molecule has 0 unspecified atom stereocenters. The number of phenols is 1. The first-order valence-corrected chi connectivity index (χ1v) is 5.17. The van der Waals surface area contributed by atoms with E-state index in [2.05, 4.69) is 9.97 Å². The van der Waals surface area contributed by atoms with Crippen molar-refractivity contribution < 1.29 is 9.50 Å². The number of imidazole rings is 1. The van der Waals surface area contributed by atoms with Crippen LogP contribution in [-0.2, 0) is 0 Å². The van der Waals surface area contributed by atoms with Crippen LogP contribution >= 0.6 is 0 Å². The summed E-state index contributed by atoms with van der Waals surface area (Å²) >= 11 is 0. The molecule has 0 atom stereocenters. The number of rotatable bonds is 1. The predicted octanol–water partition coefficient (Wildman–Crippen LogP) is 3.07. The van der Waals surface area contributed by atoms with E-state index < -0.39 is 0 Å². The third-order valence-corrected chi connectivity index (χ3v) is 2.58. The molecular formula is C13H9FN2O. The molecule has 0 aliphatic carbocycles. The van der Waals surface area contributed by atoms with E-state index >= 15 is 0 Å². The van der Waals surface area contributed by atoms with Gasteiger partial charge in [0, 0.05) is 11.6 Å². The zero-order valence-corrected chi connectivity index (χ0v) is 8.81. The van der Waals surface area contributed by atoms with Gasteiger partial charge in [0.15, 0.2) is 0 Å². The lowest BCUT2D eigenvalue weighted by molar-refractivity contribution is 0.476. The number of nitrogens with zero attached hydrogens (tertiary/aromatic N) is 1. The van der Waals surface area contributed by atoms with Crippen molar-refractivity contribution in [2.45, 2.75) is 0 Å². The van der Waals surface area contributed by atoms with E-state index in [1.165, 1.54) is 12.1 Å². The van der Waals surface area contributed by atoms with E-state index in [1.807, 2.05) is 0 Å². The third kappa shape index (κ3) is 1.73. The van der Waals surface area contributed by atoms with Crippen LogP contribution < -0.4 is 0 Å². The van der Waals surface area contributed by atoms with E-state index in [1.54, 1.807) is 30.3 Å². The van der Waals surface area contributed by atoms with E-state index in [9.17, 15) is 9.50 Å². The summed E-state index contributed by atoms with van der Waals surface area (Å²) < 4.78 is 12.8. The van der Waals surface area contributed by atoms with Crippen molar-refractivity contribution in [1.82, 2.24) is 9.97 Å². The SMILES string of the molecule is Oc1ccc2nc(-c3ccc(F)cc3)[nH]c2c1. The highest BCUT2D eigenvalue weighted by Gasteiger charge is 2.05. The fraction of sp³-hybridized carbons (Fsp3) is 0.